The molecule has 1 heterocycles. The van der Waals surface area contributed by atoms with Crippen molar-refractivity contribution in [3.8, 4) is 78.3 Å². The highest BCUT2D eigenvalue weighted by atomic mass is 16.5. The van der Waals surface area contributed by atoms with Crippen molar-refractivity contribution in [1.82, 2.24) is 0 Å². The molecular weight excluding hydrogens is 847 g/mol. The van der Waals surface area contributed by atoms with Crippen molar-refractivity contribution in [2.45, 2.75) is 24.7 Å². The minimum Gasteiger partial charge on any atom is -0.454 e. The molecule has 2 nitrogen and oxygen atoms in total. The van der Waals surface area contributed by atoms with E-state index in [1.807, 2.05) is 0 Å². The van der Waals surface area contributed by atoms with Gasteiger partial charge >= 0.3 is 0 Å². The Hall–Kier alpha value is -8.72. The topological polar surface area (TPSA) is 12.5 Å². The maximum absolute atomic E-state index is 7.53. The molecule has 0 atom stereocenters. The normalized spacial score (nSPS) is 14.2. The summed E-state index contributed by atoms with van der Waals surface area (Å²) in [6.07, 6.45) is 0. The lowest BCUT2D eigenvalue weighted by Gasteiger charge is -2.33. The quantitative estimate of drug-likeness (QED) is 0.175. The molecule has 11 aromatic carbocycles. The van der Waals surface area contributed by atoms with E-state index in [2.05, 4.69) is 255 Å². The van der Waals surface area contributed by atoms with E-state index in [0.29, 0.717) is 0 Å². The van der Waals surface area contributed by atoms with E-state index in [-0.39, 0.29) is 5.41 Å². The van der Waals surface area contributed by atoms with Gasteiger partial charge < -0.3 is 9.64 Å². The molecule has 11 aromatic rings. The molecule has 2 heteroatoms. The highest BCUT2D eigenvalue weighted by molar-refractivity contribution is 6.03. The van der Waals surface area contributed by atoms with Crippen LogP contribution in [0.15, 0.2) is 237 Å². The van der Waals surface area contributed by atoms with E-state index in [1.54, 1.807) is 0 Å². The van der Waals surface area contributed by atoms with Gasteiger partial charge in [-0.3, -0.25) is 0 Å². The summed E-state index contributed by atoms with van der Waals surface area (Å²) >= 11 is 0. The zero-order valence-electron chi connectivity index (χ0n) is 38.9. The first-order valence-corrected chi connectivity index (χ1v) is 24.5. The van der Waals surface area contributed by atoms with Crippen LogP contribution in [0.4, 0.5) is 17.1 Å². The van der Waals surface area contributed by atoms with Gasteiger partial charge in [-0.15, -0.1) is 0 Å². The molecule has 0 amide bonds. The van der Waals surface area contributed by atoms with Gasteiger partial charge in [-0.1, -0.05) is 196 Å². The molecule has 0 N–H and O–H groups in total. The number of ether oxygens (including phenoxy) is 1. The van der Waals surface area contributed by atoms with Crippen molar-refractivity contribution < 1.29 is 4.74 Å². The number of benzene rings is 11. The van der Waals surface area contributed by atoms with Crippen LogP contribution in [0.25, 0.3) is 77.5 Å². The molecule has 70 heavy (non-hydrogen) atoms. The molecular formula is C68H45NO. The van der Waals surface area contributed by atoms with Gasteiger partial charge in [0.25, 0.3) is 0 Å². The number of anilines is 3. The largest absolute Gasteiger partial charge is 0.454 e. The second-order valence-corrected chi connectivity index (χ2v) is 19.9. The van der Waals surface area contributed by atoms with Crippen LogP contribution < -0.4 is 9.64 Å². The highest BCUT2D eigenvalue weighted by Gasteiger charge is 2.52. The molecule has 328 valence electrons. The fourth-order valence-corrected chi connectivity index (χ4v) is 12.9. The Balaban J connectivity index is 1.01. The molecule has 1 spiro atoms. The molecule has 0 saturated heterocycles. The van der Waals surface area contributed by atoms with Crippen molar-refractivity contribution in [2.75, 3.05) is 4.90 Å². The van der Waals surface area contributed by atoms with Crippen LogP contribution in [0.2, 0.25) is 0 Å². The number of hydrogen-bond donors (Lipinski definition) is 0. The Morgan fingerprint density at radius 1 is 0.314 bits per heavy atom. The van der Waals surface area contributed by atoms with Crippen LogP contribution >= 0.6 is 0 Å². The maximum atomic E-state index is 7.53. The van der Waals surface area contributed by atoms with Gasteiger partial charge in [0.1, 0.15) is 5.75 Å². The Kier molecular flexibility index (Phi) is 8.08. The van der Waals surface area contributed by atoms with Gasteiger partial charge in [0.15, 0.2) is 5.75 Å². The number of fused-ring (bicyclic) bond motifs is 19. The molecule has 0 fully saturated rings. The number of para-hydroxylation sites is 1. The minimum atomic E-state index is -0.498. The van der Waals surface area contributed by atoms with Crippen LogP contribution in [0, 0.1) is 0 Å². The zero-order valence-corrected chi connectivity index (χ0v) is 38.9. The zero-order chi connectivity index (χ0) is 46.3. The molecule has 0 unspecified atom stereocenters. The maximum Gasteiger partial charge on any atom is 0.159 e. The minimum absolute atomic E-state index is 0.200. The summed E-state index contributed by atoms with van der Waals surface area (Å²) in [5, 5.41) is 2.39. The lowest BCUT2D eigenvalue weighted by atomic mass is 9.70. The van der Waals surface area contributed by atoms with Crippen LogP contribution in [0.1, 0.15) is 47.2 Å². The van der Waals surface area contributed by atoms with Gasteiger partial charge in [-0.05, 0) is 154 Å². The Morgan fingerprint density at radius 3 is 1.43 bits per heavy atom. The first kappa shape index (κ1) is 39.3. The molecule has 3 aliphatic carbocycles. The van der Waals surface area contributed by atoms with Crippen LogP contribution in [0.3, 0.4) is 0 Å². The summed E-state index contributed by atoms with van der Waals surface area (Å²) in [5.74, 6) is 1.65. The lowest BCUT2D eigenvalue weighted by molar-refractivity contribution is 0.489. The molecule has 1 aliphatic heterocycles. The van der Waals surface area contributed by atoms with Crippen molar-refractivity contribution >= 4 is 27.8 Å². The molecule has 4 aliphatic rings. The van der Waals surface area contributed by atoms with Gasteiger partial charge in [-0.2, -0.15) is 0 Å². The lowest BCUT2D eigenvalue weighted by Crippen LogP contribution is -2.26. The molecule has 0 radical (unpaired) electrons. The highest BCUT2D eigenvalue weighted by Crippen LogP contribution is 2.64. The van der Waals surface area contributed by atoms with Crippen molar-refractivity contribution in [2.24, 2.45) is 0 Å². The fraction of sp³-hybridized carbons (Fsp3) is 0.0588. The van der Waals surface area contributed by atoms with Gasteiger partial charge in [0.05, 0.1) is 11.1 Å². The van der Waals surface area contributed by atoms with Crippen LogP contribution in [-0.2, 0) is 10.8 Å². The Bertz CT molecular complexity index is 3960. The Labute approximate surface area is 408 Å². The average Bonchev–Trinajstić information content (AvgIpc) is 3.93. The second-order valence-electron chi connectivity index (χ2n) is 19.9. The third-order valence-electron chi connectivity index (χ3n) is 16.1. The number of hydrogen-bond acceptors (Lipinski definition) is 2. The van der Waals surface area contributed by atoms with Crippen molar-refractivity contribution in [3.63, 3.8) is 0 Å². The average molecular weight is 892 g/mol. The first-order valence-electron chi connectivity index (χ1n) is 24.5. The third kappa shape index (κ3) is 5.28. The van der Waals surface area contributed by atoms with Crippen molar-refractivity contribution in [3.05, 3.63) is 270 Å². The van der Waals surface area contributed by atoms with Gasteiger partial charge in [-0.25, -0.2) is 0 Å². The molecule has 0 bridgehead atoms. The second kappa shape index (κ2) is 14.4. The fourth-order valence-electron chi connectivity index (χ4n) is 12.9. The third-order valence-corrected chi connectivity index (χ3v) is 16.1. The molecule has 0 aromatic heterocycles. The SMILES string of the molecule is CC1(C)c2ccccc2-c2ccc(N(c3ccc4c(c3)C3(c5ccccc5-c5ccccc53)c3ccccc3-4)c3cccc4c3Oc3ccc(-c5ccccc5)cc3-c3cc5ccccc5cc3-4)cc21. The summed E-state index contributed by atoms with van der Waals surface area (Å²) in [5.41, 5.74) is 24.9. The van der Waals surface area contributed by atoms with Crippen molar-refractivity contribution in [1.29, 1.82) is 0 Å². The van der Waals surface area contributed by atoms with E-state index >= 15 is 0 Å². The first-order chi connectivity index (χ1) is 34.5. The van der Waals surface area contributed by atoms with E-state index in [0.717, 1.165) is 56.4 Å². The summed E-state index contributed by atoms with van der Waals surface area (Å²) in [6, 6.07) is 88.0. The Morgan fingerprint density at radius 2 is 0.800 bits per heavy atom. The van der Waals surface area contributed by atoms with E-state index < -0.39 is 5.41 Å². The molecule has 0 saturated carbocycles. The molecule has 15 rings (SSSR count). The van der Waals surface area contributed by atoms with E-state index in [9.17, 15) is 0 Å². The summed E-state index contributed by atoms with van der Waals surface area (Å²) < 4.78 is 7.53. The van der Waals surface area contributed by atoms with Crippen LogP contribution in [0.5, 0.6) is 11.5 Å². The van der Waals surface area contributed by atoms with E-state index in [4.69, 9.17) is 4.74 Å². The predicted octanol–water partition coefficient (Wildman–Crippen LogP) is 18.1. The number of nitrogens with zero attached hydrogens (tertiary/aromatic N) is 1. The van der Waals surface area contributed by atoms with Gasteiger partial charge in [0, 0.05) is 27.9 Å². The number of rotatable bonds is 4. The monoisotopic (exact) mass is 891 g/mol. The summed E-state index contributed by atoms with van der Waals surface area (Å²) in [6.45, 7) is 4.74. The standard InChI is InChI=1S/C68H45NO/c1-67(2)58-26-12-8-21-48(58)52-34-32-46(40-62(52)67)69(47-33-35-53-51-24-11-15-29-61(51)68(63(53)41-47)59-27-13-9-22-49(59)50-23-10-14-28-60(50)68)64-30-16-25-54-55-37-43-19-6-7-20-44(43)38-56(55)57-39-45(42-17-4-3-5-18-42)31-36-65(57)70-66(54)64/h3-41H,1-2H3. The summed E-state index contributed by atoms with van der Waals surface area (Å²) in [7, 11) is 0. The van der Waals surface area contributed by atoms with Gasteiger partial charge in [0.2, 0.25) is 0 Å². The van der Waals surface area contributed by atoms with Crippen LogP contribution in [-0.4, -0.2) is 0 Å². The predicted molar refractivity (Wildman–Crippen MR) is 289 cm³/mol. The smallest absolute Gasteiger partial charge is 0.159 e. The van der Waals surface area contributed by atoms with E-state index in [1.165, 1.54) is 83.1 Å². The summed E-state index contributed by atoms with van der Waals surface area (Å²) in [4.78, 5) is 2.48.